The zero-order valence-electron chi connectivity index (χ0n) is 13.4. The summed E-state index contributed by atoms with van der Waals surface area (Å²) in [5.74, 6) is -0.689. The Morgan fingerprint density at radius 3 is 2.56 bits per heavy atom. The number of aromatic carboxylic acids is 1. The Morgan fingerprint density at radius 2 is 2.00 bits per heavy atom. The van der Waals surface area contributed by atoms with Crippen molar-refractivity contribution in [2.45, 2.75) is 19.8 Å². The van der Waals surface area contributed by atoms with Crippen molar-refractivity contribution in [1.82, 2.24) is 0 Å². The monoisotopic (exact) mass is 361 g/mol. The number of hydrogen-bond donors (Lipinski definition) is 3. The fourth-order valence-electron chi connectivity index (χ4n) is 2.24. The largest absolute Gasteiger partial charge is 0.755 e. The van der Waals surface area contributed by atoms with Gasteiger partial charge < -0.3 is 24.5 Å². The first kappa shape index (κ1) is 18.6. The van der Waals surface area contributed by atoms with E-state index >= 15 is 0 Å². The maximum Gasteiger partial charge on any atom is 0.335 e. The van der Waals surface area contributed by atoms with Crippen LogP contribution >= 0.6 is 0 Å². The quantitative estimate of drug-likeness (QED) is 0.490. The molecule has 8 heteroatoms. The van der Waals surface area contributed by atoms with E-state index in [9.17, 15) is 18.7 Å². The van der Waals surface area contributed by atoms with E-state index in [0.29, 0.717) is 18.6 Å². The predicted octanol–water partition coefficient (Wildman–Crippen LogP) is 3.55. The van der Waals surface area contributed by atoms with Crippen LogP contribution < -0.4 is 9.46 Å². The van der Waals surface area contributed by atoms with Crippen molar-refractivity contribution in [2.75, 3.05) is 4.72 Å². The lowest BCUT2D eigenvalue weighted by atomic mass is 10.0. The van der Waals surface area contributed by atoms with Crippen LogP contribution in [-0.2, 0) is 11.3 Å². The summed E-state index contributed by atoms with van der Waals surface area (Å²) in [6.07, 6.45) is 1.07. The van der Waals surface area contributed by atoms with Gasteiger partial charge in [-0.2, -0.15) is 0 Å². The zero-order valence-corrected chi connectivity index (χ0v) is 14.3. The molecule has 0 aliphatic rings. The highest BCUT2D eigenvalue weighted by molar-refractivity contribution is 7.80. The molecule has 0 amide bonds. The van der Waals surface area contributed by atoms with Crippen LogP contribution in [0.1, 0.15) is 35.7 Å². The second-order valence-corrected chi connectivity index (χ2v) is 5.86. The van der Waals surface area contributed by atoms with Gasteiger partial charge in [0.2, 0.25) is 0 Å². The van der Waals surface area contributed by atoms with Crippen LogP contribution in [0.15, 0.2) is 42.5 Å². The van der Waals surface area contributed by atoms with E-state index in [-0.39, 0.29) is 28.3 Å². The Kier molecular flexibility index (Phi) is 6.26. The number of ether oxygens (including phenoxy) is 1. The number of carbonyl (C=O) groups is 1. The molecule has 1 atom stereocenters. The van der Waals surface area contributed by atoms with Crippen molar-refractivity contribution < 1.29 is 23.4 Å². The van der Waals surface area contributed by atoms with E-state index < -0.39 is 17.2 Å². The minimum atomic E-state index is -2.67. The van der Waals surface area contributed by atoms with Crippen LogP contribution in [0.5, 0.6) is 11.5 Å². The Balaban J connectivity index is 2.62. The van der Waals surface area contributed by atoms with E-state index in [1.807, 2.05) is 6.92 Å². The maximum absolute atomic E-state index is 11.3. The molecule has 0 aromatic heterocycles. The average Bonchev–Trinajstić information content (AvgIpc) is 2.56. The Bertz CT molecular complexity index is 808. The highest BCUT2D eigenvalue weighted by Gasteiger charge is 2.19. The molecule has 25 heavy (non-hydrogen) atoms. The molecule has 0 fully saturated rings. The normalized spacial score (nSPS) is 11.6. The first-order chi connectivity index (χ1) is 11.9. The van der Waals surface area contributed by atoms with Crippen molar-refractivity contribution in [3.05, 3.63) is 53.6 Å². The molecule has 2 rings (SSSR count). The molecule has 0 spiro atoms. The van der Waals surface area contributed by atoms with E-state index in [1.165, 1.54) is 12.1 Å². The van der Waals surface area contributed by atoms with Crippen LogP contribution in [0, 0.1) is 5.41 Å². The van der Waals surface area contributed by atoms with E-state index in [2.05, 4.69) is 4.72 Å². The van der Waals surface area contributed by atoms with Crippen LogP contribution in [0.25, 0.3) is 0 Å². The third kappa shape index (κ3) is 4.88. The summed E-state index contributed by atoms with van der Waals surface area (Å²) in [5.41, 5.74) is 0.229. The SMILES string of the molecule is CCCC(=N)c1cc(C(=O)O)cc(NS(=O)[O-])c1Oc1ccccc1. The van der Waals surface area contributed by atoms with Gasteiger partial charge in [-0.25, -0.2) is 4.79 Å². The molecule has 132 valence electrons. The number of para-hydroxylation sites is 1. The summed E-state index contributed by atoms with van der Waals surface area (Å²) in [6, 6.07) is 11.1. The Labute approximate surface area is 147 Å². The summed E-state index contributed by atoms with van der Waals surface area (Å²) in [6.45, 7) is 1.89. The van der Waals surface area contributed by atoms with Gasteiger partial charge in [-0.05, 0) is 30.7 Å². The highest BCUT2D eigenvalue weighted by Crippen LogP contribution is 2.36. The molecule has 0 saturated heterocycles. The lowest BCUT2D eigenvalue weighted by Gasteiger charge is -2.19. The van der Waals surface area contributed by atoms with Gasteiger partial charge in [-0.15, -0.1) is 0 Å². The maximum atomic E-state index is 11.3. The zero-order chi connectivity index (χ0) is 18.4. The number of carboxylic acid groups (broad SMARTS) is 1. The van der Waals surface area contributed by atoms with E-state index in [1.54, 1.807) is 30.3 Å². The number of nitrogens with one attached hydrogen (secondary N) is 2. The van der Waals surface area contributed by atoms with Crippen LogP contribution in [0.2, 0.25) is 0 Å². The minimum Gasteiger partial charge on any atom is -0.755 e. The summed E-state index contributed by atoms with van der Waals surface area (Å²) in [4.78, 5) is 11.3. The second kappa shape index (κ2) is 8.41. The molecule has 0 aliphatic heterocycles. The minimum absolute atomic E-state index is 0.0343. The first-order valence-electron chi connectivity index (χ1n) is 7.50. The number of carboxylic acids is 1. The predicted molar refractivity (Wildman–Crippen MR) is 94.2 cm³/mol. The van der Waals surface area contributed by atoms with Crippen molar-refractivity contribution in [3.8, 4) is 11.5 Å². The summed E-state index contributed by atoms with van der Waals surface area (Å²) in [7, 11) is 0. The van der Waals surface area contributed by atoms with Gasteiger partial charge in [0.1, 0.15) is 5.75 Å². The van der Waals surface area contributed by atoms with Gasteiger partial charge in [0.25, 0.3) is 0 Å². The highest BCUT2D eigenvalue weighted by atomic mass is 32.2. The third-order valence-electron chi connectivity index (χ3n) is 3.32. The molecule has 0 heterocycles. The van der Waals surface area contributed by atoms with Gasteiger partial charge in [0, 0.05) is 22.5 Å². The molecule has 2 aromatic rings. The number of benzene rings is 2. The van der Waals surface area contributed by atoms with E-state index in [0.717, 1.165) is 0 Å². The standard InChI is InChI=1S/C17H18N2O5S/c1-2-6-14(18)13-9-11(17(20)21)10-15(19-25(22)23)16(13)24-12-7-4-3-5-8-12/h3-5,7-10,18-19H,2,6H2,1H3,(H,20,21)(H,22,23)/p-1. The van der Waals surface area contributed by atoms with Crippen molar-refractivity contribution in [1.29, 1.82) is 5.41 Å². The molecule has 0 saturated carbocycles. The Morgan fingerprint density at radius 1 is 1.32 bits per heavy atom. The fourth-order valence-corrected chi connectivity index (χ4v) is 2.57. The van der Waals surface area contributed by atoms with Gasteiger partial charge in [-0.1, -0.05) is 31.5 Å². The number of rotatable bonds is 8. The van der Waals surface area contributed by atoms with Gasteiger partial charge in [0.15, 0.2) is 5.75 Å². The summed E-state index contributed by atoms with van der Waals surface area (Å²) < 4.78 is 30.1. The van der Waals surface area contributed by atoms with Crippen LogP contribution in [-0.4, -0.2) is 25.5 Å². The van der Waals surface area contributed by atoms with E-state index in [4.69, 9.17) is 10.1 Å². The molecule has 0 bridgehead atoms. The fraction of sp³-hybridized carbons (Fsp3) is 0.176. The van der Waals surface area contributed by atoms with Gasteiger partial charge in [0.05, 0.1) is 11.3 Å². The smallest absolute Gasteiger partial charge is 0.335 e. The topological polar surface area (TPSA) is 123 Å². The first-order valence-corrected chi connectivity index (χ1v) is 8.57. The van der Waals surface area contributed by atoms with Crippen LogP contribution in [0.4, 0.5) is 5.69 Å². The summed E-state index contributed by atoms with van der Waals surface area (Å²) in [5, 5.41) is 17.5. The van der Waals surface area contributed by atoms with Crippen molar-refractivity contribution >= 4 is 28.6 Å². The molecule has 0 radical (unpaired) electrons. The lowest BCUT2D eigenvalue weighted by molar-refractivity contribution is 0.0697. The van der Waals surface area contributed by atoms with Crippen molar-refractivity contribution in [2.24, 2.45) is 0 Å². The molecule has 1 unspecified atom stereocenters. The third-order valence-corrected chi connectivity index (χ3v) is 3.70. The lowest BCUT2D eigenvalue weighted by Crippen LogP contribution is -2.11. The Hall–Kier alpha value is -2.71. The number of hydrogen-bond acceptors (Lipinski definition) is 5. The van der Waals surface area contributed by atoms with Gasteiger partial charge in [-0.3, -0.25) is 4.21 Å². The second-order valence-electron chi connectivity index (χ2n) is 5.19. The average molecular weight is 361 g/mol. The molecule has 2 aromatic carbocycles. The summed E-state index contributed by atoms with van der Waals surface area (Å²) >= 11 is -2.67. The van der Waals surface area contributed by atoms with Crippen molar-refractivity contribution in [3.63, 3.8) is 0 Å². The molecular weight excluding hydrogens is 344 g/mol. The van der Waals surface area contributed by atoms with Gasteiger partial charge >= 0.3 is 5.97 Å². The molecular formula is C17H17N2O5S-. The molecule has 3 N–H and O–H groups in total. The number of anilines is 1. The molecule has 7 nitrogen and oxygen atoms in total. The molecule has 0 aliphatic carbocycles. The van der Waals surface area contributed by atoms with Crippen LogP contribution in [0.3, 0.4) is 0 Å².